The quantitative estimate of drug-likeness (QED) is 0.615. The van der Waals surface area contributed by atoms with E-state index < -0.39 is 10.8 Å². The summed E-state index contributed by atoms with van der Waals surface area (Å²) in [6, 6.07) is 13.0. The lowest BCUT2D eigenvalue weighted by atomic mass is 10.0. The van der Waals surface area contributed by atoms with Crippen LogP contribution in [0.4, 0.5) is 0 Å². The molecule has 1 aliphatic heterocycles. The van der Waals surface area contributed by atoms with E-state index in [-0.39, 0.29) is 5.78 Å². The maximum Gasteiger partial charge on any atom is 0.159 e. The molecule has 2 aromatic rings. The summed E-state index contributed by atoms with van der Waals surface area (Å²) in [6.07, 6.45) is 0. The minimum Gasteiger partial charge on any atom is -0.295 e. The molecular formula is C14H10O2S. The van der Waals surface area contributed by atoms with E-state index in [0.717, 1.165) is 20.9 Å². The molecule has 1 aliphatic rings. The zero-order valence-corrected chi connectivity index (χ0v) is 10.1. The molecule has 1 heterocycles. The lowest BCUT2D eigenvalue weighted by molar-refractivity contribution is 0.101. The fourth-order valence-electron chi connectivity index (χ4n) is 2.09. The monoisotopic (exact) mass is 242 g/mol. The van der Waals surface area contributed by atoms with Crippen molar-refractivity contribution >= 4 is 16.6 Å². The second-order valence-corrected chi connectivity index (χ2v) is 5.45. The largest absolute Gasteiger partial charge is 0.295 e. The molecule has 84 valence electrons. The Morgan fingerprint density at radius 2 is 1.71 bits per heavy atom. The number of carbonyl (C=O) groups is 1. The van der Waals surface area contributed by atoms with Crippen molar-refractivity contribution < 1.29 is 9.00 Å². The van der Waals surface area contributed by atoms with Gasteiger partial charge in [-0.2, -0.15) is 0 Å². The van der Waals surface area contributed by atoms with Crippen molar-refractivity contribution in [1.29, 1.82) is 0 Å². The van der Waals surface area contributed by atoms with Crippen molar-refractivity contribution in [3.63, 3.8) is 0 Å². The van der Waals surface area contributed by atoms with Gasteiger partial charge in [0.1, 0.15) is 0 Å². The maximum atomic E-state index is 12.2. The topological polar surface area (TPSA) is 34.1 Å². The third-order valence-electron chi connectivity index (χ3n) is 2.96. The molecule has 0 bridgehead atoms. The Labute approximate surface area is 102 Å². The van der Waals surface area contributed by atoms with Crippen LogP contribution in [0.1, 0.15) is 17.3 Å². The van der Waals surface area contributed by atoms with Crippen LogP contribution in [-0.2, 0) is 10.8 Å². The van der Waals surface area contributed by atoms with Gasteiger partial charge in [-0.1, -0.05) is 24.3 Å². The van der Waals surface area contributed by atoms with Crippen molar-refractivity contribution in [2.45, 2.75) is 16.7 Å². The summed E-state index contributed by atoms with van der Waals surface area (Å²) >= 11 is 0. The Hall–Kier alpha value is -1.74. The minimum absolute atomic E-state index is 0.0305. The molecule has 0 aromatic heterocycles. The van der Waals surface area contributed by atoms with Crippen molar-refractivity contribution in [2.24, 2.45) is 0 Å². The second kappa shape index (κ2) is 3.64. The summed E-state index contributed by atoms with van der Waals surface area (Å²) in [5.41, 5.74) is 2.56. The van der Waals surface area contributed by atoms with Gasteiger partial charge < -0.3 is 0 Å². The first kappa shape index (κ1) is 10.4. The first-order valence-corrected chi connectivity index (χ1v) is 6.49. The molecule has 0 fully saturated rings. The van der Waals surface area contributed by atoms with Crippen LogP contribution in [-0.4, -0.2) is 9.99 Å². The van der Waals surface area contributed by atoms with Crippen LogP contribution in [0.3, 0.4) is 0 Å². The average molecular weight is 242 g/mol. The van der Waals surface area contributed by atoms with E-state index in [1.807, 2.05) is 30.3 Å². The van der Waals surface area contributed by atoms with Crippen molar-refractivity contribution in [2.75, 3.05) is 0 Å². The third-order valence-corrected chi connectivity index (χ3v) is 4.47. The average Bonchev–Trinajstić information content (AvgIpc) is 2.64. The van der Waals surface area contributed by atoms with Crippen LogP contribution in [0.2, 0.25) is 0 Å². The van der Waals surface area contributed by atoms with Crippen molar-refractivity contribution in [3.05, 3.63) is 48.0 Å². The molecule has 2 aromatic carbocycles. The number of benzene rings is 2. The predicted octanol–water partition coefficient (Wildman–Crippen LogP) is 3.04. The van der Waals surface area contributed by atoms with Gasteiger partial charge in [-0.05, 0) is 30.7 Å². The Balaban J connectivity index is 2.31. The van der Waals surface area contributed by atoms with Crippen LogP contribution < -0.4 is 0 Å². The van der Waals surface area contributed by atoms with Gasteiger partial charge in [-0.15, -0.1) is 0 Å². The van der Waals surface area contributed by atoms with Crippen molar-refractivity contribution in [3.8, 4) is 11.1 Å². The van der Waals surface area contributed by atoms with Crippen LogP contribution >= 0.6 is 0 Å². The molecule has 0 N–H and O–H groups in total. The molecule has 0 aliphatic carbocycles. The van der Waals surface area contributed by atoms with E-state index >= 15 is 0 Å². The Kier molecular flexibility index (Phi) is 2.23. The molecule has 3 rings (SSSR count). The number of fused-ring (bicyclic) bond motifs is 3. The molecule has 17 heavy (non-hydrogen) atoms. The van der Waals surface area contributed by atoms with Gasteiger partial charge >= 0.3 is 0 Å². The highest BCUT2D eigenvalue weighted by atomic mass is 32.2. The second-order valence-electron chi connectivity index (χ2n) is 4.03. The van der Waals surface area contributed by atoms with E-state index in [0.29, 0.717) is 5.56 Å². The predicted molar refractivity (Wildman–Crippen MR) is 66.6 cm³/mol. The Morgan fingerprint density at radius 1 is 1.00 bits per heavy atom. The van der Waals surface area contributed by atoms with Gasteiger partial charge in [0.2, 0.25) is 0 Å². The summed E-state index contributed by atoms with van der Waals surface area (Å²) in [5, 5.41) is 0. The smallest absolute Gasteiger partial charge is 0.159 e. The van der Waals surface area contributed by atoms with Gasteiger partial charge in [0.25, 0.3) is 0 Å². The highest BCUT2D eigenvalue weighted by Crippen LogP contribution is 2.40. The maximum absolute atomic E-state index is 12.2. The van der Waals surface area contributed by atoms with E-state index in [2.05, 4.69) is 0 Å². The molecule has 0 spiro atoms. The summed E-state index contributed by atoms with van der Waals surface area (Å²) in [4.78, 5) is 13.0. The highest BCUT2D eigenvalue weighted by molar-refractivity contribution is 7.85. The molecular weight excluding hydrogens is 232 g/mol. The van der Waals surface area contributed by atoms with Gasteiger partial charge in [0.05, 0.1) is 20.6 Å². The van der Waals surface area contributed by atoms with E-state index in [1.54, 1.807) is 19.1 Å². The molecule has 0 radical (unpaired) electrons. The SMILES string of the molecule is CC(=O)c1ccc2c(c1)-c1ccccc1S2=O. The van der Waals surface area contributed by atoms with Gasteiger partial charge in [-0.3, -0.25) is 4.79 Å². The lowest BCUT2D eigenvalue weighted by Crippen LogP contribution is -1.93. The zero-order valence-electron chi connectivity index (χ0n) is 9.27. The van der Waals surface area contributed by atoms with Gasteiger partial charge in [-0.25, -0.2) is 4.21 Å². The number of Topliss-reactive ketones (excluding diaryl/α,β-unsaturated/α-hetero) is 1. The van der Waals surface area contributed by atoms with Crippen LogP contribution in [0.5, 0.6) is 0 Å². The molecule has 0 amide bonds. The highest BCUT2D eigenvalue weighted by Gasteiger charge is 2.25. The fourth-order valence-corrected chi connectivity index (χ4v) is 3.47. The molecule has 2 nitrogen and oxygen atoms in total. The third kappa shape index (κ3) is 1.46. The summed E-state index contributed by atoms with van der Waals surface area (Å²) in [5.74, 6) is 0.0305. The first-order valence-electron chi connectivity index (χ1n) is 5.34. The van der Waals surface area contributed by atoms with E-state index in [9.17, 15) is 9.00 Å². The fraction of sp³-hybridized carbons (Fsp3) is 0.0714. The van der Waals surface area contributed by atoms with Crippen LogP contribution in [0, 0.1) is 0 Å². The lowest BCUT2D eigenvalue weighted by Gasteiger charge is -2.01. The Morgan fingerprint density at radius 3 is 2.47 bits per heavy atom. The standard InChI is InChI=1S/C14H10O2S/c1-9(15)10-6-7-14-12(8-10)11-4-2-3-5-13(11)17(14)16/h2-8H,1H3. The van der Waals surface area contributed by atoms with Crippen LogP contribution in [0.25, 0.3) is 11.1 Å². The zero-order chi connectivity index (χ0) is 12.0. The number of hydrogen-bond donors (Lipinski definition) is 0. The minimum atomic E-state index is -1.11. The number of rotatable bonds is 1. The number of ketones is 1. The summed E-state index contributed by atoms with van der Waals surface area (Å²) in [6.45, 7) is 1.54. The molecule has 3 heteroatoms. The summed E-state index contributed by atoms with van der Waals surface area (Å²) < 4.78 is 12.2. The molecule has 0 saturated heterocycles. The molecule has 1 unspecified atom stereocenters. The summed E-state index contributed by atoms with van der Waals surface area (Å²) in [7, 11) is -1.11. The van der Waals surface area contributed by atoms with E-state index in [1.165, 1.54) is 0 Å². The van der Waals surface area contributed by atoms with Gasteiger partial charge in [0, 0.05) is 11.1 Å². The molecule has 0 saturated carbocycles. The normalized spacial score (nSPS) is 16.4. The number of carbonyl (C=O) groups excluding carboxylic acids is 1. The van der Waals surface area contributed by atoms with E-state index in [4.69, 9.17) is 0 Å². The van der Waals surface area contributed by atoms with Crippen LogP contribution in [0.15, 0.2) is 52.3 Å². The Bertz CT molecular complexity index is 659. The number of hydrogen-bond acceptors (Lipinski definition) is 2. The van der Waals surface area contributed by atoms with Gasteiger partial charge in [0.15, 0.2) is 5.78 Å². The first-order chi connectivity index (χ1) is 8.18. The van der Waals surface area contributed by atoms with Crippen molar-refractivity contribution in [1.82, 2.24) is 0 Å². The molecule has 1 atom stereocenters.